The standard InChI is InChI=1S/C19H25N3O/c1-2-12-21-19(20)22-13-17-10-6-7-11-18(17)15-23-14-16-8-4-3-5-9-16/h3-11H,2,12-15H2,1H3,(H3,20,21,22). The van der Waals surface area contributed by atoms with Crippen LogP contribution in [0.15, 0.2) is 59.6 Å². The molecule has 0 unspecified atom stereocenters. The van der Waals surface area contributed by atoms with Crippen molar-refractivity contribution in [2.24, 2.45) is 10.7 Å². The molecule has 0 aromatic heterocycles. The molecule has 122 valence electrons. The molecular formula is C19H25N3O. The highest BCUT2D eigenvalue weighted by Gasteiger charge is 2.02. The van der Waals surface area contributed by atoms with E-state index in [1.165, 1.54) is 5.56 Å². The lowest BCUT2D eigenvalue weighted by Gasteiger charge is -2.09. The second-order valence-electron chi connectivity index (χ2n) is 5.38. The summed E-state index contributed by atoms with van der Waals surface area (Å²) in [5.41, 5.74) is 9.31. The average molecular weight is 311 g/mol. The number of hydrogen-bond donors (Lipinski definition) is 2. The number of benzene rings is 2. The summed E-state index contributed by atoms with van der Waals surface area (Å²) in [4.78, 5) is 4.39. The molecule has 0 aliphatic carbocycles. The molecule has 2 rings (SSSR count). The predicted molar refractivity (Wildman–Crippen MR) is 95.0 cm³/mol. The minimum atomic E-state index is 0.492. The second-order valence-corrected chi connectivity index (χ2v) is 5.38. The normalized spacial score (nSPS) is 11.4. The van der Waals surface area contributed by atoms with Gasteiger partial charge in [-0.05, 0) is 23.1 Å². The van der Waals surface area contributed by atoms with Gasteiger partial charge in [0.15, 0.2) is 5.96 Å². The van der Waals surface area contributed by atoms with E-state index in [9.17, 15) is 0 Å². The minimum Gasteiger partial charge on any atom is -0.372 e. The summed E-state index contributed by atoms with van der Waals surface area (Å²) in [7, 11) is 0. The Hall–Kier alpha value is -2.33. The summed E-state index contributed by atoms with van der Waals surface area (Å²) in [6.07, 6.45) is 1.03. The summed E-state index contributed by atoms with van der Waals surface area (Å²) in [5, 5.41) is 3.08. The topological polar surface area (TPSA) is 59.6 Å². The summed E-state index contributed by atoms with van der Waals surface area (Å²) in [6, 6.07) is 18.4. The monoisotopic (exact) mass is 311 g/mol. The maximum absolute atomic E-state index is 5.84. The van der Waals surface area contributed by atoms with Crippen molar-refractivity contribution in [3.8, 4) is 0 Å². The van der Waals surface area contributed by atoms with Crippen molar-refractivity contribution < 1.29 is 4.74 Å². The summed E-state index contributed by atoms with van der Waals surface area (Å²) in [5.74, 6) is 0.492. The van der Waals surface area contributed by atoms with E-state index in [2.05, 4.69) is 41.5 Å². The molecule has 2 aromatic carbocycles. The van der Waals surface area contributed by atoms with Crippen LogP contribution < -0.4 is 11.1 Å². The third-order valence-electron chi connectivity index (χ3n) is 3.46. The Bertz CT molecular complexity index is 611. The number of nitrogens with zero attached hydrogens (tertiary/aromatic N) is 1. The molecule has 0 heterocycles. The Morgan fingerprint density at radius 2 is 1.70 bits per heavy atom. The Labute approximate surface area is 138 Å². The van der Waals surface area contributed by atoms with Gasteiger partial charge in [0, 0.05) is 6.54 Å². The van der Waals surface area contributed by atoms with E-state index in [0.717, 1.165) is 24.1 Å². The fourth-order valence-electron chi connectivity index (χ4n) is 2.18. The van der Waals surface area contributed by atoms with Gasteiger partial charge in [0.1, 0.15) is 0 Å². The summed E-state index contributed by atoms with van der Waals surface area (Å²) in [6.45, 7) is 4.69. The number of guanidine groups is 1. The van der Waals surface area contributed by atoms with Crippen LogP contribution in [0.5, 0.6) is 0 Å². The van der Waals surface area contributed by atoms with Gasteiger partial charge in [0.2, 0.25) is 0 Å². The zero-order valence-electron chi connectivity index (χ0n) is 13.7. The van der Waals surface area contributed by atoms with E-state index < -0.39 is 0 Å². The molecule has 0 spiro atoms. The van der Waals surface area contributed by atoms with Crippen molar-refractivity contribution in [3.63, 3.8) is 0 Å². The summed E-state index contributed by atoms with van der Waals surface area (Å²) >= 11 is 0. The molecule has 2 aromatic rings. The zero-order valence-corrected chi connectivity index (χ0v) is 13.7. The molecule has 0 saturated heterocycles. The average Bonchev–Trinajstić information content (AvgIpc) is 2.60. The third kappa shape index (κ3) is 6.12. The highest BCUT2D eigenvalue weighted by molar-refractivity contribution is 5.77. The van der Waals surface area contributed by atoms with Crippen LogP contribution in [-0.2, 0) is 24.5 Å². The smallest absolute Gasteiger partial charge is 0.188 e. The van der Waals surface area contributed by atoms with Crippen LogP contribution >= 0.6 is 0 Å². The molecule has 3 N–H and O–H groups in total. The van der Waals surface area contributed by atoms with Crippen molar-refractivity contribution in [3.05, 3.63) is 71.3 Å². The first-order chi connectivity index (χ1) is 11.3. The highest BCUT2D eigenvalue weighted by Crippen LogP contribution is 2.12. The van der Waals surface area contributed by atoms with Crippen LogP contribution in [0.2, 0.25) is 0 Å². The first-order valence-electron chi connectivity index (χ1n) is 8.02. The lowest BCUT2D eigenvalue weighted by molar-refractivity contribution is 0.106. The number of nitrogens with two attached hydrogens (primary N) is 1. The van der Waals surface area contributed by atoms with E-state index in [-0.39, 0.29) is 0 Å². The molecule has 0 radical (unpaired) electrons. The fourth-order valence-corrected chi connectivity index (χ4v) is 2.18. The molecule has 0 fully saturated rings. The molecular weight excluding hydrogens is 286 g/mol. The SMILES string of the molecule is CCCNC(N)=NCc1ccccc1COCc1ccccc1. The maximum Gasteiger partial charge on any atom is 0.188 e. The Morgan fingerprint density at radius 3 is 2.43 bits per heavy atom. The summed E-state index contributed by atoms with van der Waals surface area (Å²) < 4.78 is 5.82. The first-order valence-corrected chi connectivity index (χ1v) is 8.02. The zero-order chi connectivity index (χ0) is 16.3. The van der Waals surface area contributed by atoms with Crippen molar-refractivity contribution in [2.45, 2.75) is 33.1 Å². The number of ether oxygens (including phenoxy) is 1. The lowest BCUT2D eigenvalue weighted by atomic mass is 10.1. The molecule has 0 aliphatic heterocycles. The van der Waals surface area contributed by atoms with Gasteiger partial charge in [0.25, 0.3) is 0 Å². The van der Waals surface area contributed by atoms with Crippen LogP contribution in [0.1, 0.15) is 30.0 Å². The fraction of sp³-hybridized carbons (Fsp3) is 0.316. The van der Waals surface area contributed by atoms with Crippen LogP contribution in [-0.4, -0.2) is 12.5 Å². The van der Waals surface area contributed by atoms with Gasteiger partial charge < -0.3 is 15.8 Å². The first kappa shape index (κ1) is 17.0. The molecule has 0 amide bonds. The largest absolute Gasteiger partial charge is 0.372 e. The minimum absolute atomic E-state index is 0.492. The van der Waals surface area contributed by atoms with Crippen molar-refractivity contribution in [1.29, 1.82) is 0 Å². The van der Waals surface area contributed by atoms with Gasteiger partial charge in [0.05, 0.1) is 19.8 Å². The van der Waals surface area contributed by atoms with Gasteiger partial charge in [-0.15, -0.1) is 0 Å². The van der Waals surface area contributed by atoms with Crippen LogP contribution in [0.3, 0.4) is 0 Å². The van der Waals surface area contributed by atoms with Crippen molar-refractivity contribution in [1.82, 2.24) is 5.32 Å². The van der Waals surface area contributed by atoms with E-state index in [1.54, 1.807) is 0 Å². The second kappa shape index (κ2) is 9.64. The van der Waals surface area contributed by atoms with E-state index in [0.29, 0.717) is 25.7 Å². The van der Waals surface area contributed by atoms with E-state index in [4.69, 9.17) is 10.5 Å². The molecule has 0 bridgehead atoms. The third-order valence-corrected chi connectivity index (χ3v) is 3.46. The number of rotatable bonds is 8. The van der Waals surface area contributed by atoms with Crippen LogP contribution in [0, 0.1) is 0 Å². The van der Waals surface area contributed by atoms with E-state index >= 15 is 0 Å². The van der Waals surface area contributed by atoms with Gasteiger partial charge in [-0.3, -0.25) is 0 Å². The number of aliphatic imine (C=N–C) groups is 1. The van der Waals surface area contributed by atoms with Gasteiger partial charge in [-0.2, -0.15) is 0 Å². The Balaban J connectivity index is 1.89. The Morgan fingerprint density at radius 1 is 1.00 bits per heavy atom. The van der Waals surface area contributed by atoms with Gasteiger partial charge in [-0.25, -0.2) is 4.99 Å². The van der Waals surface area contributed by atoms with E-state index in [1.807, 2.05) is 30.3 Å². The molecule has 0 saturated carbocycles. The van der Waals surface area contributed by atoms with Crippen molar-refractivity contribution >= 4 is 5.96 Å². The Kier molecular flexibility index (Phi) is 7.14. The van der Waals surface area contributed by atoms with Crippen LogP contribution in [0.4, 0.5) is 0 Å². The van der Waals surface area contributed by atoms with Crippen LogP contribution in [0.25, 0.3) is 0 Å². The number of nitrogens with one attached hydrogen (secondary N) is 1. The molecule has 4 heteroatoms. The highest BCUT2D eigenvalue weighted by atomic mass is 16.5. The molecule has 0 atom stereocenters. The van der Waals surface area contributed by atoms with Crippen molar-refractivity contribution in [2.75, 3.05) is 6.54 Å². The predicted octanol–water partition coefficient (Wildman–Crippen LogP) is 3.22. The number of hydrogen-bond acceptors (Lipinski definition) is 2. The van der Waals surface area contributed by atoms with Gasteiger partial charge in [-0.1, -0.05) is 61.5 Å². The lowest BCUT2D eigenvalue weighted by Crippen LogP contribution is -2.32. The maximum atomic E-state index is 5.84. The quantitative estimate of drug-likeness (QED) is 0.581. The molecule has 23 heavy (non-hydrogen) atoms. The molecule has 4 nitrogen and oxygen atoms in total. The molecule has 0 aliphatic rings. The van der Waals surface area contributed by atoms with Gasteiger partial charge >= 0.3 is 0 Å².